The average Bonchev–Trinajstić information content (AvgIpc) is 2.98. The molecule has 31 heavy (non-hydrogen) atoms. The Morgan fingerprint density at radius 1 is 0.968 bits per heavy atom. The molecule has 0 saturated carbocycles. The standard InChI is InChI=1S/C24H26FN3O3/c1-15-13-27(14-16(2)31-15)22-21(17-8-10-18(25)11-9-17)23(29)28(24(22)30)20-7-5-6-19(12-20)26(3)4/h5-12,15-16H,13-14H2,1-4H3. The Balaban J connectivity index is 1.82. The number of anilines is 2. The van der Waals surface area contributed by atoms with E-state index in [1.165, 1.54) is 17.0 Å². The highest BCUT2D eigenvalue weighted by Gasteiger charge is 2.44. The first-order chi connectivity index (χ1) is 14.8. The number of morpholine rings is 1. The number of ether oxygens (including phenoxy) is 1. The smallest absolute Gasteiger partial charge is 0.282 e. The number of halogens is 1. The van der Waals surface area contributed by atoms with Crippen LogP contribution in [0.15, 0.2) is 54.2 Å². The Bertz CT molecular complexity index is 1040. The van der Waals surface area contributed by atoms with E-state index >= 15 is 0 Å². The Hall–Kier alpha value is -3.19. The number of imide groups is 1. The molecule has 2 aromatic rings. The third-order valence-corrected chi connectivity index (χ3v) is 5.53. The quantitative estimate of drug-likeness (QED) is 0.707. The van der Waals surface area contributed by atoms with E-state index < -0.39 is 11.7 Å². The van der Waals surface area contributed by atoms with Crippen molar-refractivity contribution in [1.29, 1.82) is 0 Å². The largest absolute Gasteiger partial charge is 0.378 e. The fourth-order valence-electron chi connectivity index (χ4n) is 4.19. The van der Waals surface area contributed by atoms with E-state index in [0.29, 0.717) is 35.6 Å². The molecule has 2 aromatic carbocycles. The van der Waals surface area contributed by atoms with Crippen molar-refractivity contribution in [2.24, 2.45) is 0 Å². The van der Waals surface area contributed by atoms with Crippen molar-refractivity contribution in [3.63, 3.8) is 0 Å². The molecule has 4 rings (SSSR count). The number of rotatable bonds is 4. The molecule has 2 aliphatic rings. The third-order valence-electron chi connectivity index (χ3n) is 5.53. The molecular weight excluding hydrogens is 397 g/mol. The molecule has 0 radical (unpaired) electrons. The van der Waals surface area contributed by atoms with E-state index in [9.17, 15) is 14.0 Å². The van der Waals surface area contributed by atoms with Crippen LogP contribution in [0.5, 0.6) is 0 Å². The van der Waals surface area contributed by atoms with Crippen molar-refractivity contribution in [2.75, 3.05) is 37.0 Å². The highest BCUT2D eigenvalue weighted by Crippen LogP contribution is 2.36. The fraction of sp³-hybridized carbons (Fsp3) is 0.333. The van der Waals surface area contributed by atoms with Crippen molar-refractivity contribution in [3.8, 4) is 0 Å². The van der Waals surface area contributed by atoms with Gasteiger partial charge < -0.3 is 14.5 Å². The van der Waals surface area contributed by atoms with Gasteiger partial charge in [-0.3, -0.25) is 9.59 Å². The van der Waals surface area contributed by atoms with Crippen LogP contribution in [0.25, 0.3) is 5.57 Å². The Morgan fingerprint density at radius 3 is 2.23 bits per heavy atom. The molecule has 0 aliphatic carbocycles. The van der Waals surface area contributed by atoms with E-state index in [4.69, 9.17) is 4.74 Å². The summed E-state index contributed by atoms with van der Waals surface area (Å²) in [5.74, 6) is -1.18. The van der Waals surface area contributed by atoms with Gasteiger partial charge in [0.2, 0.25) is 0 Å². The second-order valence-electron chi connectivity index (χ2n) is 8.25. The van der Waals surface area contributed by atoms with Crippen LogP contribution in [0.3, 0.4) is 0 Å². The van der Waals surface area contributed by atoms with Gasteiger partial charge in [0.1, 0.15) is 11.5 Å². The first-order valence-electron chi connectivity index (χ1n) is 10.3. The van der Waals surface area contributed by atoms with Crippen molar-refractivity contribution in [2.45, 2.75) is 26.1 Å². The normalized spacial score (nSPS) is 21.8. The zero-order valence-electron chi connectivity index (χ0n) is 18.1. The molecule has 162 valence electrons. The van der Waals surface area contributed by atoms with Crippen LogP contribution in [0.4, 0.5) is 15.8 Å². The summed E-state index contributed by atoms with van der Waals surface area (Å²) in [4.78, 5) is 32.3. The van der Waals surface area contributed by atoms with E-state index in [1.807, 2.05) is 55.9 Å². The molecule has 0 spiro atoms. The molecule has 2 heterocycles. The lowest BCUT2D eigenvalue weighted by atomic mass is 10.0. The second-order valence-corrected chi connectivity index (χ2v) is 8.25. The summed E-state index contributed by atoms with van der Waals surface area (Å²) in [6, 6.07) is 13.0. The number of carbonyl (C=O) groups excluding carboxylic acids is 2. The molecule has 2 aliphatic heterocycles. The van der Waals surface area contributed by atoms with Gasteiger partial charge in [-0.15, -0.1) is 0 Å². The third kappa shape index (κ3) is 3.93. The first kappa shape index (κ1) is 21.1. The fourth-order valence-corrected chi connectivity index (χ4v) is 4.19. The average molecular weight is 423 g/mol. The molecule has 0 N–H and O–H groups in total. The van der Waals surface area contributed by atoms with Crippen LogP contribution in [0.2, 0.25) is 0 Å². The number of hydrogen-bond acceptors (Lipinski definition) is 5. The SMILES string of the molecule is CC1CN(C2=C(c3ccc(F)cc3)C(=O)N(c3cccc(N(C)C)c3)C2=O)CC(C)O1. The lowest BCUT2D eigenvalue weighted by molar-refractivity contribution is -0.121. The zero-order valence-corrected chi connectivity index (χ0v) is 18.1. The minimum Gasteiger partial charge on any atom is -0.378 e. The van der Waals surface area contributed by atoms with Gasteiger partial charge in [0.25, 0.3) is 11.8 Å². The topological polar surface area (TPSA) is 53.1 Å². The molecule has 2 unspecified atom stereocenters. The van der Waals surface area contributed by atoms with Gasteiger partial charge in [0, 0.05) is 32.9 Å². The van der Waals surface area contributed by atoms with E-state index in [0.717, 1.165) is 5.69 Å². The minimum absolute atomic E-state index is 0.0836. The maximum atomic E-state index is 13.6. The molecular formula is C24H26FN3O3. The van der Waals surface area contributed by atoms with Crippen LogP contribution in [0, 0.1) is 5.82 Å². The van der Waals surface area contributed by atoms with Crippen molar-refractivity contribution in [1.82, 2.24) is 4.90 Å². The molecule has 0 bridgehead atoms. The molecule has 0 aromatic heterocycles. The van der Waals surface area contributed by atoms with Crippen molar-refractivity contribution >= 4 is 28.8 Å². The van der Waals surface area contributed by atoms with Gasteiger partial charge in [-0.2, -0.15) is 0 Å². The molecule has 2 atom stereocenters. The summed E-state index contributed by atoms with van der Waals surface area (Å²) in [6.45, 7) is 4.88. The lowest BCUT2D eigenvalue weighted by Crippen LogP contribution is -2.47. The summed E-state index contributed by atoms with van der Waals surface area (Å²) in [5.41, 5.74) is 2.54. The lowest BCUT2D eigenvalue weighted by Gasteiger charge is -2.37. The minimum atomic E-state index is -0.408. The van der Waals surface area contributed by atoms with Gasteiger partial charge in [-0.1, -0.05) is 18.2 Å². The highest BCUT2D eigenvalue weighted by molar-refractivity contribution is 6.45. The summed E-state index contributed by atoms with van der Waals surface area (Å²) >= 11 is 0. The van der Waals surface area contributed by atoms with Crippen LogP contribution in [-0.2, 0) is 14.3 Å². The molecule has 1 saturated heterocycles. The van der Waals surface area contributed by atoms with Crippen LogP contribution in [0.1, 0.15) is 19.4 Å². The zero-order chi connectivity index (χ0) is 22.3. The number of hydrogen-bond donors (Lipinski definition) is 0. The summed E-state index contributed by atoms with van der Waals surface area (Å²) < 4.78 is 19.4. The number of carbonyl (C=O) groups is 2. The summed E-state index contributed by atoms with van der Waals surface area (Å²) in [5, 5.41) is 0. The first-order valence-corrected chi connectivity index (χ1v) is 10.3. The van der Waals surface area contributed by atoms with Gasteiger partial charge in [-0.05, 0) is 49.7 Å². The predicted octanol–water partition coefficient (Wildman–Crippen LogP) is 3.29. The van der Waals surface area contributed by atoms with Crippen molar-refractivity contribution < 1.29 is 18.7 Å². The molecule has 1 fully saturated rings. The maximum Gasteiger partial charge on any atom is 0.282 e. The monoisotopic (exact) mass is 423 g/mol. The molecule has 6 nitrogen and oxygen atoms in total. The van der Waals surface area contributed by atoms with Gasteiger partial charge in [0.05, 0.1) is 23.5 Å². The van der Waals surface area contributed by atoms with E-state index in [-0.39, 0.29) is 18.1 Å². The van der Waals surface area contributed by atoms with E-state index in [2.05, 4.69) is 0 Å². The highest BCUT2D eigenvalue weighted by atomic mass is 19.1. The second kappa shape index (κ2) is 8.15. The Labute approximate surface area is 181 Å². The van der Waals surface area contributed by atoms with Gasteiger partial charge >= 0.3 is 0 Å². The maximum absolute atomic E-state index is 13.6. The summed E-state index contributed by atoms with van der Waals surface area (Å²) in [7, 11) is 3.80. The molecule has 2 amide bonds. The molecule has 7 heteroatoms. The van der Waals surface area contributed by atoms with Gasteiger partial charge in [-0.25, -0.2) is 9.29 Å². The number of nitrogens with zero attached hydrogens (tertiary/aromatic N) is 3. The van der Waals surface area contributed by atoms with E-state index in [1.54, 1.807) is 18.2 Å². The number of benzene rings is 2. The van der Waals surface area contributed by atoms with Crippen LogP contribution >= 0.6 is 0 Å². The summed E-state index contributed by atoms with van der Waals surface area (Å²) in [6.07, 6.45) is -0.167. The van der Waals surface area contributed by atoms with Crippen LogP contribution < -0.4 is 9.80 Å². The van der Waals surface area contributed by atoms with Crippen molar-refractivity contribution in [3.05, 3.63) is 65.6 Å². The van der Waals surface area contributed by atoms with Gasteiger partial charge in [0.15, 0.2) is 0 Å². The Kier molecular flexibility index (Phi) is 5.54. The predicted molar refractivity (Wildman–Crippen MR) is 118 cm³/mol. The number of amides is 2. The Morgan fingerprint density at radius 2 is 1.61 bits per heavy atom. The van der Waals surface area contributed by atoms with Crippen LogP contribution in [-0.4, -0.2) is 56.1 Å².